The Bertz CT molecular complexity index is 528. The lowest BCUT2D eigenvalue weighted by Crippen LogP contribution is -2.53. The molecule has 24 heavy (non-hydrogen) atoms. The molecule has 4 nitrogen and oxygen atoms in total. The molecule has 0 spiro atoms. The van der Waals surface area contributed by atoms with Gasteiger partial charge in [-0.3, -0.25) is 9.59 Å². The van der Waals surface area contributed by atoms with Gasteiger partial charge in [-0.1, -0.05) is 13.8 Å². The number of hydrogen-bond acceptors (Lipinski definition) is 3. The molecule has 0 aromatic carbocycles. The number of carboxylic acids is 1. The van der Waals surface area contributed by atoms with Gasteiger partial charge in [0, 0.05) is 18.3 Å². The van der Waals surface area contributed by atoms with Gasteiger partial charge in [-0.15, -0.1) is 0 Å². The van der Waals surface area contributed by atoms with Crippen molar-refractivity contribution < 1.29 is 19.8 Å². The Labute approximate surface area is 145 Å². The SMILES string of the molecule is C[C@H](O)[C@@H]1CC[C@@H]2[C@@H]3CCC(=O)[C@](C)(CCC(=O)O)[C@@H]3CC[C@@]21C. The second-order valence-electron chi connectivity index (χ2n) is 9.12. The van der Waals surface area contributed by atoms with Crippen molar-refractivity contribution in [3.05, 3.63) is 0 Å². The van der Waals surface area contributed by atoms with Gasteiger partial charge in [-0.2, -0.15) is 0 Å². The fourth-order valence-corrected chi connectivity index (χ4v) is 6.80. The molecule has 0 unspecified atom stereocenters. The number of rotatable bonds is 4. The molecule has 0 aliphatic heterocycles. The Morgan fingerprint density at radius 2 is 1.92 bits per heavy atom. The molecule has 4 heteroatoms. The molecular formula is C20H32O4. The summed E-state index contributed by atoms with van der Waals surface area (Å²) < 4.78 is 0. The van der Waals surface area contributed by atoms with Gasteiger partial charge in [0.1, 0.15) is 5.78 Å². The predicted octanol–water partition coefficient (Wildman–Crippen LogP) is 3.66. The number of carbonyl (C=O) groups is 2. The molecule has 3 rings (SSSR count). The van der Waals surface area contributed by atoms with E-state index < -0.39 is 11.4 Å². The van der Waals surface area contributed by atoms with Gasteiger partial charge in [-0.05, 0) is 74.5 Å². The van der Waals surface area contributed by atoms with Crippen LogP contribution in [-0.4, -0.2) is 28.1 Å². The van der Waals surface area contributed by atoms with Crippen LogP contribution in [0.5, 0.6) is 0 Å². The van der Waals surface area contributed by atoms with Crippen LogP contribution in [0.4, 0.5) is 0 Å². The molecule has 3 aliphatic rings. The van der Waals surface area contributed by atoms with Crippen LogP contribution < -0.4 is 0 Å². The van der Waals surface area contributed by atoms with Gasteiger partial charge in [0.05, 0.1) is 6.10 Å². The summed E-state index contributed by atoms with van der Waals surface area (Å²) >= 11 is 0. The van der Waals surface area contributed by atoms with Crippen molar-refractivity contribution in [2.24, 2.45) is 34.5 Å². The van der Waals surface area contributed by atoms with E-state index in [-0.39, 0.29) is 23.7 Å². The van der Waals surface area contributed by atoms with Crippen LogP contribution in [0, 0.1) is 34.5 Å². The summed E-state index contributed by atoms with van der Waals surface area (Å²) in [6.45, 7) is 6.30. The van der Waals surface area contributed by atoms with Gasteiger partial charge in [0.2, 0.25) is 0 Å². The summed E-state index contributed by atoms with van der Waals surface area (Å²) in [5.41, 5.74) is -0.283. The molecule has 3 aliphatic carbocycles. The van der Waals surface area contributed by atoms with Crippen LogP contribution in [0.2, 0.25) is 0 Å². The van der Waals surface area contributed by atoms with Crippen molar-refractivity contribution in [3.8, 4) is 0 Å². The number of Topliss-reactive ketones (excluding diaryl/α,β-unsaturated/α-hetero) is 1. The van der Waals surface area contributed by atoms with Gasteiger partial charge in [0.25, 0.3) is 0 Å². The number of hydrogen-bond donors (Lipinski definition) is 2. The Kier molecular flexibility index (Phi) is 4.57. The molecule has 0 radical (unpaired) electrons. The summed E-state index contributed by atoms with van der Waals surface area (Å²) in [7, 11) is 0. The van der Waals surface area contributed by atoms with E-state index >= 15 is 0 Å². The molecule has 0 bridgehead atoms. The summed E-state index contributed by atoms with van der Waals surface area (Å²) in [5.74, 6) is 1.26. The maximum Gasteiger partial charge on any atom is 0.303 e. The number of carboxylic acid groups (broad SMARTS) is 1. The average Bonchev–Trinajstić information content (AvgIpc) is 2.86. The number of carbonyl (C=O) groups excluding carboxylic acids is 1. The number of ketones is 1. The normalized spacial score (nSPS) is 46.2. The number of aliphatic carboxylic acids is 1. The highest BCUT2D eigenvalue weighted by Crippen LogP contribution is 2.65. The quantitative estimate of drug-likeness (QED) is 0.821. The smallest absolute Gasteiger partial charge is 0.303 e. The van der Waals surface area contributed by atoms with E-state index in [1.165, 1.54) is 0 Å². The Balaban J connectivity index is 1.86. The highest BCUT2D eigenvalue weighted by Gasteiger charge is 2.59. The van der Waals surface area contributed by atoms with Gasteiger partial charge < -0.3 is 10.2 Å². The third kappa shape index (κ3) is 2.61. The standard InChI is InChI=1S/C20H32O4/c1-12(21)14-5-6-15-13-4-7-17(22)20(3,11-9-18(23)24)16(13)8-10-19(14,15)2/h12-16,21H,4-11H2,1-3H3,(H,23,24)/t12-,13-,14-,15+,16+,19+,20+/m0/s1. The first kappa shape index (κ1) is 17.9. The van der Waals surface area contributed by atoms with E-state index in [1.807, 2.05) is 13.8 Å². The van der Waals surface area contributed by atoms with E-state index in [0.29, 0.717) is 36.5 Å². The van der Waals surface area contributed by atoms with Crippen molar-refractivity contribution in [2.75, 3.05) is 0 Å². The molecule has 2 N–H and O–H groups in total. The fourth-order valence-electron chi connectivity index (χ4n) is 6.80. The molecule has 136 valence electrons. The molecule has 0 saturated heterocycles. The van der Waals surface area contributed by atoms with E-state index in [0.717, 1.165) is 32.1 Å². The molecular weight excluding hydrogens is 304 g/mol. The molecule has 0 aromatic heterocycles. The first-order chi connectivity index (χ1) is 11.2. The minimum absolute atomic E-state index is 0.0870. The first-order valence-electron chi connectivity index (χ1n) is 9.63. The topological polar surface area (TPSA) is 74.6 Å². The van der Waals surface area contributed by atoms with Crippen molar-refractivity contribution in [1.82, 2.24) is 0 Å². The molecule has 0 heterocycles. The molecule has 3 fully saturated rings. The second kappa shape index (κ2) is 6.12. The number of aliphatic hydroxyl groups excluding tert-OH is 1. The van der Waals surface area contributed by atoms with Crippen LogP contribution in [0.3, 0.4) is 0 Å². The minimum atomic E-state index is -0.804. The molecule has 7 atom stereocenters. The zero-order chi connectivity index (χ0) is 17.7. The average molecular weight is 336 g/mol. The van der Waals surface area contributed by atoms with E-state index in [4.69, 9.17) is 5.11 Å². The highest BCUT2D eigenvalue weighted by molar-refractivity contribution is 5.86. The summed E-state index contributed by atoms with van der Waals surface area (Å²) in [5, 5.41) is 19.3. The van der Waals surface area contributed by atoms with Crippen LogP contribution in [0.15, 0.2) is 0 Å². The van der Waals surface area contributed by atoms with Gasteiger partial charge in [0.15, 0.2) is 0 Å². The summed E-state index contributed by atoms with van der Waals surface area (Å²) in [6.07, 6.45) is 6.16. The lowest BCUT2D eigenvalue weighted by Gasteiger charge is -2.56. The van der Waals surface area contributed by atoms with Crippen LogP contribution >= 0.6 is 0 Å². The third-order valence-corrected chi connectivity index (χ3v) is 8.11. The van der Waals surface area contributed by atoms with Crippen molar-refractivity contribution in [1.29, 1.82) is 0 Å². The molecule has 0 aromatic rings. The zero-order valence-electron chi connectivity index (χ0n) is 15.3. The first-order valence-corrected chi connectivity index (χ1v) is 9.63. The van der Waals surface area contributed by atoms with Crippen LogP contribution in [0.25, 0.3) is 0 Å². The van der Waals surface area contributed by atoms with Gasteiger partial charge in [-0.25, -0.2) is 0 Å². The zero-order valence-corrected chi connectivity index (χ0v) is 15.3. The highest BCUT2D eigenvalue weighted by atomic mass is 16.4. The minimum Gasteiger partial charge on any atom is -0.481 e. The molecule has 3 saturated carbocycles. The van der Waals surface area contributed by atoms with Crippen molar-refractivity contribution in [3.63, 3.8) is 0 Å². The third-order valence-electron chi connectivity index (χ3n) is 8.11. The van der Waals surface area contributed by atoms with Crippen LogP contribution in [0.1, 0.15) is 72.1 Å². The maximum absolute atomic E-state index is 12.7. The second-order valence-corrected chi connectivity index (χ2v) is 9.12. The Hall–Kier alpha value is -0.900. The Morgan fingerprint density at radius 1 is 1.21 bits per heavy atom. The summed E-state index contributed by atoms with van der Waals surface area (Å²) in [6, 6.07) is 0. The maximum atomic E-state index is 12.7. The van der Waals surface area contributed by atoms with Crippen LogP contribution in [-0.2, 0) is 9.59 Å². The largest absolute Gasteiger partial charge is 0.481 e. The predicted molar refractivity (Wildman–Crippen MR) is 91.4 cm³/mol. The van der Waals surface area contributed by atoms with E-state index in [1.54, 1.807) is 0 Å². The number of fused-ring (bicyclic) bond motifs is 3. The summed E-state index contributed by atoms with van der Waals surface area (Å²) in [4.78, 5) is 23.8. The van der Waals surface area contributed by atoms with Crippen molar-refractivity contribution in [2.45, 2.75) is 78.2 Å². The van der Waals surface area contributed by atoms with Crippen molar-refractivity contribution >= 4 is 11.8 Å². The number of aliphatic hydroxyl groups is 1. The molecule has 0 amide bonds. The van der Waals surface area contributed by atoms with Gasteiger partial charge >= 0.3 is 5.97 Å². The fraction of sp³-hybridized carbons (Fsp3) is 0.900. The van der Waals surface area contributed by atoms with E-state index in [2.05, 4.69) is 6.92 Å². The lowest BCUT2D eigenvalue weighted by molar-refractivity contribution is -0.149. The lowest BCUT2D eigenvalue weighted by atomic mass is 9.48. The Morgan fingerprint density at radius 3 is 2.54 bits per heavy atom. The van der Waals surface area contributed by atoms with E-state index in [9.17, 15) is 14.7 Å². The monoisotopic (exact) mass is 336 g/mol.